The number of carbonyl (C=O) groups is 1. The molecule has 0 saturated heterocycles. The SMILES string of the molecule is CCN(CC)C(=O)c1ccc(OCCCCCOc2ccc(C=NN)cc2)cc1. The van der Waals surface area contributed by atoms with Crippen LogP contribution < -0.4 is 15.3 Å². The lowest BCUT2D eigenvalue weighted by Gasteiger charge is -2.18. The van der Waals surface area contributed by atoms with Gasteiger partial charge in [-0.1, -0.05) is 0 Å². The van der Waals surface area contributed by atoms with Gasteiger partial charge in [0.2, 0.25) is 0 Å². The maximum Gasteiger partial charge on any atom is 0.253 e. The van der Waals surface area contributed by atoms with Crippen molar-refractivity contribution >= 4 is 12.1 Å². The molecule has 0 unspecified atom stereocenters. The predicted octanol–water partition coefficient (Wildman–Crippen LogP) is 4.09. The van der Waals surface area contributed by atoms with E-state index in [1.165, 1.54) is 0 Å². The van der Waals surface area contributed by atoms with Crippen LogP contribution in [-0.2, 0) is 0 Å². The first-order valence-corrected chi connectivity index (χ1v) is 10.2. The molecule has 0 fully saturated rings. The normalized spacial score (nSPS) is 10.8. The van der Waals surface area contributed by atoms with Gasteiger partial charge in [-0.25, -0.2) is 0 Å². The Hall–Kier alpha value is -3.02. The molecule has 6 heteroatoms. The number of nitrogens with two attached hydrogens (primary N) is 1. The van der Waals surface area contributed by atoms with Crippen molar-refractivity contribution in [1.82, 2.24) is 4.90 Å². The van der Waals surface area contributed by atoms with Gasteiger partial charge in [-0.05, 0) is 87.2 Å². The fraction of sp³-hybridized carbons (Fsp3) is 0.391. The zero-order valence-electron chi connectivity index (χ0n) is 17.3. The molecule has 0 heterocycles. The van der Waals surface area contributed by atoms with E-state index in [0.29, 0.717) is 31.9 Å². The lowest BCUT2D eigenvalue weighted by molar-refractivity contribution is 0.0773. The molecular weight excluding hydrogens is 366 g/mol. The van der Waals surface area contributed by atoms with Crippen molar-refractivity contribution in [2.24, 2.45) is 10.9 Å². The molecule has 0 aliphatic rings. The van der Waals surface area contributed by atoms with Crippen molar-refractivity contribution in [1.29, 1.82) is 0 Å². The third kappa shape index (κ3) is 7.49. The van der Waals surface area contributed by atoms with E-state index >= 15 is 0 Å². The largest absolute Gasteiger partial charge is 0.494 e. The number of hydrogen-bond donors (Lipinski definition) is 1. The second kappa shape index (κ2) is 12.4. The number of amides is 1. The number of unbranched alkanes of at least 4 members (excludes halogenated alkanes) is 2. The molecule has 6 nitrogen and oxygen atoms in total. The van der Waals surface area contributed by atoms with Crippen LogP contribution in [0, 0.1) is 0 Å². The summed E-state index contributed by atoms with van der Waals surface area (Å²) >= 11 is 0. The predicted molar refractivity (Wildman–Crippen MR) is 117 cm³/mol. The molecule has 2 aromatic rings. The van der Waals surface area contributed by atoms with Crippen molar-refractivity contribution in [3.63, 3.8) is 0 Å². The molecule has 0 aliphatic heterocycles. The number of ether oxygens (including phenoxy) is 2. The van der Waals surface area contributed by atoms with Gasteiger partial charge in [0, 0.05) is 18.7 Å². The van der Waals surface area contributed by atoms with Crippen LogP contribution in [0.2, 0.25) is 0 Å². The van der Waals surface area contributed by atoms with Gasteiger partial charge in [0.15, 0.2) is 0 Å². The quantitative estimate of drug-likeness (QED) is 0.253. The molecule has 1 amide bonds. The zero-order chi connectivity index (χ0) is 20.9. The third-order valence-corrected chi connectivity index (χ3v) is 4.58. The molecule has 2 aromatic carbocycles. The number of carbonyl (C=O) groups excluding carboxylic acids is 1. The minimum Gasteiger partial charge on any atom is -0.494 e. The average Bonchev–Trinajstić information content (AvgIpc) is 2.75. The number of rotatable bonds is 12. The van der Waals surface area contributed by atoms with Gasteiger partial charge in [-0.3, -0.25) is 4.79 Å². The van der Waals surface area contributed by atoms with Crippen LogP contribution >= 0.6 is 0 Å². The van der Waals surface area contributed by atoms with Crippen LogP contribution in [0.15, 0.2) is 53.6 Å². The van der Waals surface area contributed by atoms with E-state index in [1.807, 2.05) is 62.4 Å². The van der Waals surface area contributed by atoms with Gasteiger partial charge in [-0.15, -0.1) is 0 Å². The Kier molecular flexibility index (Phi) is 9.55. The smallest absolute Gasteiger partial charge is 0.253 e. The number of hydrazone groups is 1. The highest BCUT2D eigenvalue weighted by Gasteiger charge is 2.11. The minimum atomic E-state index is 0.0590. The van der Waals surface area contributed by atoms with E-state index in [1.54, 1.807) is 11.1 Å². The maximum atomic E-state index is 12.3. The van der Waals surface area contributed by atoms with E-state index in [0.717, 1.165) is 36.3 Å². The summed E-state index contributed by atoms with van der Waals surface area (Å²) in [5.41, 5.74) is 1.64. The summed E-state index contributed by atoms with van der Waals surface area (Å²) in [6, 6.07) is 15.0. The Bertz CT molecular complexity index is 754. The molecule has 156 valence electrons. The molecule has 0 saturated carbocycles. The van der Waals surface area contributed by atoms with E-state index in [-0.39, 0.29) is 5.91 Å². The Morgan fingerprint density at radius 2 is 1.41 bits per heavy atom. The first-order chi connectivity index (χ1) is 14.2. The van der Waals surface area contributed by atoms with Crippen LogP contribution in [-0.4, -0.2) is 43.3 Å². The van der Waals surface area contributed by atoms with Gasteiger partial charge >= 0.3 is 0 Å². The fourth-order valence-electron chi connectivity index (χ4n) is 2.88. The van der Waals surface area contributed by atoms with Crippen LogP contribution in [0.25, 0.3) is 0 Å². The van der Waals surface area contributed by atoms with Gasteiger partial charge in [0.05, 0.1) is 19.4 Å². The maximum absolute atomic E-state index is 12.3. The van der Waals surface area contributed by atoms with Crippen LogP contribution in [0.4, 0.5) is 0 Å². The Morgan fingerprint density at radius 1 is 0.897 bits per heavy atom. The summed E-state index contributed by atoms with van der Waals surface area (Å²) in [6.45, 7) is 6.72. The van der Waals surface area contributed by atoms with Crippen LogP contribution in [0.5, 0.6) is 11.5 Å². The standard InChI is InChI=1S/C23H31N3O3/c1-3-26(4-2)23(27)20-10-14-22(15-11-20)29-17-7-5-6-16-28-21-12-8-19(9-13-21)18-25-24/h8-15,18H,3-7,16-17,24H2,1-2H3. The zero-order valence-corrected chi connectivity index (χ0v) is 17.3. The van der Waals surface area contributed by atoms with E-state index in [2.05, 4.69) is 5.10 Å². The second-order valence-corrected chi connectivity index (χ2v) is 6.61. The Morgan fingerprint density at radius 3 is 1.90 bits per heavy atom. The molecule has 0 bridgehead atoms. The molecule has 0 atom stereocenters. The van der Waals surface area contributed by atoms with Gasteiger partial charge in [-0.2, -0.15) is 5.10 Å². The topological polar surface area (TPSA) is 77.2 Å². The van der Waals surface area contributed by atoms with Gasteiger partial charge in [0.25, 0.3) is 5.91 Å². The first kappa shape index (κ1) is 22.3. The summed E-state index contributed by atoms with van der Waals surface area (Å²) in [5, 5.41) is 3.49. The number of hydrogen-bond acceptors (Lipinski definition) is 5. The fourth-order valence-corrected chi connectivity index (χ4v) is 2.88. The van der Waals surface area contributed by atoms with Gasteiger partial charge in [0.1, 0.15) is 11.5 Å². The highest BCUT2D eigenvalue weighted by molar-refractivity contribution is 5.94. The molecular formula is C23H31N3O3. The van der Waals surface area contributed by atoms with Gasteiger partial charge < -0.3 is 20.2 Å². The lowest BCUT2D eigenvalue weighted by atomic mass is 10.2. The average molecular weight is 398 g/mol. The highest BCUT2D eigenvalue weighted by Crippen LogP contribution is 2.15. The molecule has 29 heavy (non-hydrogen) atoms. The molecule has 2 N–H and O–H groups in total. The molecule has 0 radical (unpaired) electrons. The number of nitrogens with zero attached hydrogens (tertiary/aromatic N) is 2. The van der Waals surface area contributed by atoms with E-state index in [4.69, 9.17) is 15.3 Å². The van der Waals surface area contributed by atoms with Crippen molar-refractivity contribution in [3.05, 3.63) is 59.7 Å². The van der Waals surface area contributed by atoms with Crippen LogP contribution in [0.3, 0.4) is 0 Å². The third-order valence-electron chi connectivity index (χ3n) is 4.58. The monoisotopic (exact) mass is 397 g/mol. The second-order valence-electron chi connectivity index (χ2n) is 6.61. The Balaban J connectivity index is 1.61. The summed E-state index contributed by atoms with van der Waals surface area (Å²) in [6.07, 6.45) is 4.54. The van der Waals surface area contributed by atoms with Crippen molar-refractivity contribution in [2.45, 2.75) is 33.1 Å². The summed E-state index contributed by atoms with van der Waals surface area (Å²) in [7, 11) is 0. The minimum absolute atomic E-state index is 0.0590. The van der Waals surface area contributed by atoms with Crippen molar-refractivity contribution in [2.75, 3.05) is 26.3 Å². The Labute approximate surface area is 173 Å². The first-order valence-electron chi connectivity index (χ1n) is 10.2. The van der Waals surface area contributed by atoms with Crippen LogP contribution in [0.1, 0.15) is 49.0 Å². The van der Waals surface area contributed by atoms with E-state index in [9.17, 15) is 4.79 Å². The molecule has 2 rings (SSSR count). The summed E-state index contributed by atoms with van der Waals surface area (Å²) < 4.78 is 11.5. The molecule has 0 aromatic heterocycles. The van der Waals surface area contributed by atoms with E-state index < -0.39 is 0 Å². The molecule has 0 spiro atoms. The lowest BCUT2D eigenvalue weighted by Crippen LogP contribution is -2.30. The number of benzene rings is 2. The van der Waals surface area contributed by atoms with Crippen molar-refractivity contribution < 1.29 is 14.3 Å². The van der Waals surface area contributed by atoms with Crippen molar-refractivity contribution in [3.8, 4) is 11.5 Å². The molecule has 0 aliphatic carbocycles. The summed E-state index contributed by atoms with van der Waals surface area (Å²) in [5.74, 6) is 6.82. The summed E-state index contributed by atoms with van der Waals surface area (Å²) in [4.78, 5) is 14.1. The highest BCUT2D eigenvalue weighted by atomic mass is 16.5.